The molecular formula is C19H22FN3O2. The maximum atomic E-state index is 13.0. The van der Waals surface area contributed by atoms with E-state index in [0.717, 1.165) is 30.2 Å². The molecule has 0 spiro atoms. The maximum Gasteiger partial charge on any atom is 0.321 e. The van der Waals surface area contributed by atoms with Gasteiger partial charge >= 0.3 is 6.03 Å². The molecule has 1 aliphatic heterocycles. The van der Waals surface area contributed by atoms with E-state index in [1.54, 1.807) is 17.0 Å². The van der Waals surface area contributed by atoms with Gasteiger partial charge in [0.1, 0.15) is 11.6 Å². The van der Waals surface area contributed by atoms with E-state index in [2.05, 4.69) is 10.2 Å². The second-order valence-corrected chi connectivity index (χ2v) is 5.84. The van der Waals surface area contributed by atoms with Crippen molar-refractivity contribution in [1.82, 2.24) is 4.90 Å². The van der Waals surface area contributed by atoms with Crippen LogP contribution >= 0.6 is 0 Å². The second-order valence-electron chi connectivity index (χ2n) is 5.84. The highest BCUT2D eigenvalue weighted by atomic mass is 19.1. The molecule has 2 amide bonds. The van der Waals surface area contributed by atoms with Crippen LogP contribution in [0, 0.1) is 5.82 Å². The van der Waals surface area contributed by atoms with Crippen molar-refractivity contribution in [3.8, 4) is 5.75 Å². The molecule has 0 saturated carbocycles. The molecule has 2 aromatic carbocycles. The highest BCUT2D eigenvalue weighted by molar-refractivity contribution is 5.89. The summed E-state index contributed by atoms with van der Waals surface area (Å²) in [5.41, 5.74) is 1.70. The lowest BCUT2D eigenvalue weighted by atomic mass is 10.2. The third-order valence-electron chi connectivity index (χ3n) is 4.15. The summed E-state index contributed by atoms with van der Waals surface area (Å²) in [5.74, 6) is 0.498. The number of urea groups is 1. The van der Waals surface area contributed by atoms with E-state index in [-0.39, 0.29) is 11.8 Å². The molecule has 5 nitrogen and oxygen atoms in total. The lowest BCUT2D eigenvalue weighted by molar-refractivity contribution is 0.208. The van der Waals surface area contributed by atoms with E-state index < -0.39 is 0 Å². The molecule has 3 rings (SSSR count). The van der Waals surface area contributed by atoms with Crippen molar-refractivity contribution in [1.29, 1.82) is 0 Å². The Morgan fingerprint density at radius 2 is 1.84 bits per heavy atom. The fourth-order valence-electron chi connectivity index (χ4n) is 2.85. The van der Waals surface area contributed by atoms with Gasteiger partial charge in [0, 0.05) is 43.6 Å². The summed E-state index contributed by atoms with van der Waals surface area (Å²) < 4.78 is 18.5. The molecule has 132 valence electrons. The molecule has 1 aliphatic rings. The zero-order valence-corrected chi connectivity index (χ0v) is 14.2. The summed E-state index contributed by atoms with van der Waals surface area (Å²) in [6.45, 7) is 5.19. The fourth-order valence-corrected chi connectivity index (χ4v) is 2.85. The summed E-state index contributed by atoms with van der Waals surface area (Å²) in [5, 5.41) is 2.91. The van der Waals surface area contributed by atoms with Gasteiger partial charge in [-0.3, -0.25) is 0 Å². The molecule has 1 heterocycles. The maximum absolute atomic E-state index is 13.0. The predicted molar refractivity (Wildman–Crippen MR) is 96.8 cm³/mol. The Bertz CT molecular complexity index is 713. The number of carbonyl (C=O) groups excluding carboxylic acids is 1. The van der Waals surface area contributed by atoms with Crippen LogP contribution in [0.3, 0.4) is 0 Å². The van der Waals surface area contributed by atoms with E-state index in [1.807, 2.05) is 31.2 Å². The fraction of sp³-hybridized carbons (Fsp3) is 0.316. The van der Waals surface area contributed by atoms with Crippen molar-refractivity contribution in [3.63, 3.8) is 0 Å². The van der Waals surface area contributed by atoms with Gasteiger partial charge in [0.15, 0.2) is 0 Å². The number of nitrogens with one attached hydrogen (secondary N) is 1. The highest BCUT2D eigenvalue weighted by Crippen LogP contribution is 2.19. The lowest BCUT2D eigenvalue weighted by Crippen LogP contribution is -2.50. The minimum absolute atomic E-state index is 0.118. The summed E-state index contributed by atoms with van der Waals surface area (Å²) in [7, 11) is 0. The third-order valence-corrected chi connectivity index (χ3v) is 4.15. The first kappa shape index (κ1) is 17.1. The van der Waals surface area contributed by atoms with E-state index in [0.29, 0.717) is 19.7 Å². The van der Waals surface area contributed by atoms with Crippen LogP contribution in [0.1, 0.15) is 6.92 Å². The average Bonchev–Trinajstić information content (AvgIpc) is 2.63. The van der Waals surface area contributed by atoms with Gasteiger partial charge in [-0.05, 0) is 43.3 Å². The standard InChI is InChI=1S/C19H22FN3O2/c1-2-25-18-5-3-4-16(14-18)21-19(24)23-12-10-22(11-13-23)17-8-6-15(20)7-9-17/h3-9,14H,2,10-13H2,1H3,(H,21,24). The SMILES string of the molecule is CCOc1cccc(NC(=O)N2CCN(c3ccc(F)cc3)CC2)c1. The highest BCUT2D eigenvalue weighted by Gasteiger charge is 2.21. The van der Waals surface area contributed by atoms with Crippen LogP contribution in [0.2, 0.25) is 0 Å². The Kier molecular flexibility index (Phi) is 5.38. The molecule has 0 radical (unpaired) electrons. The number of anilines is 2. The largest absolute Gasteiger partial charge is 0.494 e. The Morgan fingerprint density at radius 3 is 2.52 bits per heavy atom. The summed E-state index contributed by atoms with van der Waals surface area (Å²) in [4.78, 5) is 16.4. The number of carbonyl (C=O) groups is 1. The van der Waals surface area contributed by atoms with Crippen molar-refractivity contribution >= 4 is 17.4 Å². The van der Waals surface area contributed by atoms with Crippen LogP contribution in [0.15, 0.2) is 48.5 Å². The first-order valence-electron chi connectivity index (χ1n) is 8.45. The van der Waals surface area contributed by atoms with E-state index in [1.165, 1.54) is 12.1 Å². The number of piperazine rings is 1. The topological polar surface area (TPSA) is 44.8 Å². The number of rotatable bonds is 4. The molecule has 1 N–H and O–H groups in total. The van der Waals surface area contributed by atoms with Gasteiger partial charge in [-0.1, -0.05) is 6.07 Å². The van der Waals surface area contributed by atoms with Crippen LogP contribution in [-0.4, -0.2) is 43.7 Å². The molecule has 0 bridgehead atoms. The van der Waals surface area contributed by atoms with E-state index in [9.17, 15) is 9.18 Å². The second kappa shape index (κ2) is 7.88. The number of halogens is 1. The smallest absolute Gasteiger partial charge is 0.321 e. The Hall–Kier alpha value is -2.76. The molecule has 2 aromatic rings. The monoisotopic (exact) mass is 343 g/mol. The zero-order chi connectivity index (χ0) is 17.6. The number of benzene rings is 2. The minimum Gasteiger partial charge on any atom is -0.494 e. The number of hydrogen-bond acceptors (Lipinski definition) is 3. The van der Waals surface area contributed by atoms with Crippen molar-refractivity contribution in [2.75, 3.05) is 43.0 Å². The van der Waals surface area contributed by atoms with Crippen molar-refractivity contribution in [2.24, 2.45) is 0 Å². The average molecular weight is 343 g/mol. The predicted octanol–water partition coefficient (Wildman–Crippen LogP) is 3.58. The number of hydrogen-bond donors (Lipinski definition) is 1. The van der Waals surface area contributed by atoms with Crippen LogP contribution in [0.4, 0.5) is 20.6 Å². The third kappa shape index (κ3) is 4.41. The van der Waals surface area contributed by atoms with Gasteiger partial charge in [0.2, 0.25) is 0 Å². The molecule has 1 saturated heterocycles. The van der Waals surface area contributed by atoms with Crippen LogP contribution in [-0.2, 0) is 0 Å². The summed E-state index contributed by atoms with van der Waals surface area (Å²) in [6, 6.07) is 13.7. The Labute approximate surface area is 147 Å². The van der Waals surface area contributed by atoms with Gasteiger partial charge in [-0.15, -0.1) is 0 Å². The van der Waals surface area contributed by atoms with Gasteiger partial charge < -0.3 is 19.9 Å². The number of nitrogens with zero attached hydrogens (tertiary/aromatic N) is 2. The van der Waals surface area contributed by atoms with Crippen LogP contribution in [0.5, 0.6) is 5.75 Å². The van der Waals surface area contributed by atoms with E-state index in [4.69, 9.17) is 4.74 Å². The summed E-state index contributed by atoms with van der Waals surface area (Å²) >= 11 is 0. The zero-order valence-electron chi connectivity index (χ0n) is 14.2. The van der Waals surface area contributed by atoms with Gasteiger partial charge in [-0.2, -0.15) is 0 Å². The van der Waals surface area contributed by atoms with Crippen molar-refractivity contribution in [3.05, 3.63) is 54.3 Å². The van der Waals surface area contributed by atoms with Gasteiger partial charge in [0.25, 0.3) is 0 Å². The summed E-state index contributed by atoms with van der Waals surface area (Å²) in [6.07, 6.45) is 0. The van der Waals surface area contributed by atoms with Gasteiger partial charge in [-0.25, -0.2) is 9.18 Å². The molecule has 25 heavy (non-hydrogen) atoms. The molecule has 0 aliphatic carbocycles. The normalized spacial score (nSPS) is 14.3. The minimum atomic E-state index is -0.240. The molecule has 0 unspecified atom stereocenters. The molecule has 1 fully saturated rings. The molecular weight excluding hydrogens is 321 g/mol. The quantitative estimate of drug-likeness (QED) is 0.923. The Morgan fingerprint density at radius 1 is 1.12 bits per heavy atom. The van der Waals surface area contributed by atoms with E-state index >= 15 is 0 Å². The van der Waals surface area contributed by atoms with Crippen LogP contribution in [0.25, 0.3) is 0 Å². The van der Waals surface area contributed by atoms with Crippen molar-refractivity contribution in [2.45, 2.75) is 6.92 Å². The number of ether oxygens (including phenoxy) is 1. The Balaban J connectivity index is 1.54. The molecule has 0 atom stereocenters. The molecule has 0 aromatic heterocycles. The number of amides is 2. The van der Waals surface area contributed by atoms with Crippen LogP contribution < -0.4 is 15.0 Å². The van der Waals surface area contributed by atoms with Crippen molar-refractivity contribution < 1.29 is 13.9 Å². The molecule has 6 heteroatoms. The first-order valence-corrected chi connectivity index (χ1v) is 8.45. The van der Waals surface area contributed by atoms with Gasteiger partial charge in [0.05, 0.1) is 6.61 Å². The first-order chi connectivity index (χ1) is 12.2. The lowest BCUT2D eigenvalue weighted by Gasteiger charge is -2.36.